The number of alkyl halides is 3. The molecule has 7 nitrogen and oxygen atoms in total. The van der Waals surface area contributed by atoms with E-state index in [1.165, 1.54) is 6.07 Å². The second kappa shape index (κ2) is 9.74. The van der Waals surface area contributed by atoms with Crippen LogP contribution in [0.15, 0.2) is 42.6 Å². The zero-order valence-electron chi connectivity index (χ0n) is 17.3. The third-order valence-corrected chi connectivity index (χ3v) is 5.29. The van der Waals surface area contributed by atoms with Crippen LogP contribution >= 0.6 is 0 Å². The Bertz CT molecular complexity index is 919. The molecule has 1 aromatic carbocycles. The van der Waals surface area contributed by atoms with Gasteiger partial charge < -0.3 is 24.4 Å². The normalized spacial score (nSPS) is 19.0. The van der Waals surface area contributed by atoms with E-state index in [9.17, 15) is 18.0 Å². The van der Waals surface area contributed by atoms with Crippen molar-refractivity contribution in [2.45, 2.75) is 18.6 Å². The summed E-state index contributed by atoms with van der Waals surface area (Å²) in [5, 5.41) is 2.99. The molecule has 2 aliphatic rings. The van der Waals surface area contributed by atoms with E-state index in [-0.39, 0.29) is 24.3 Å². The summed E-state index contributed by atoms with van der Waals surface area (Å²) >= 11 is 0. The lowest BCUT2D eigenvalue weighted by molar-refractivity contribution is -0.141. The first-order chi connectivity index (χ1) is 15.4. The van der Waals surface area contributed by atoms with E-state index in [1.807, 2.05) is 18.2 Å². The van der Waals surface area contributed by atoms with Gasteiger partial charge in [-0.15, -0.1) is 0 Å². The Hall–Kier alpha value is -2.85. The van der Waals surface area contributed by atoms with Crippen molar-refractivity contribution in [3.8, 4) is 11.5 Å². The molecule has 2 saturated heterocycles. The van der Waals surface area contributed by atoms with Crippen LogP contribution in [0.5, 0.6) is 11.5 Å². The van der Waals surface area contributed by atoms with E-state index in [0.717, 1.165) is 30.9 Å². The van der Waals surface area contributed by atoms with Crippen LogP contribution in [0, 0.1) is 5.92 Å². The van der Waals surface area contributed by atoms with Crippen LogP contribution < -0.4 is 15.0 Å². The van der Waals surface area contributed by atoms with Crippen molar-refractivity contribution in [1.29, 1.82) is 0 Å². The van der Waals surface area contributed by atoms with Gasteiger partial charge in [0.05, 0.1) is 26.0 Å². The highest BCUT2D eigenvalue weighted by molar-refractivity contribution is 5.77. The minimum absolute atomic E-state index is 0.0156. The molecule has 32 heavy (non-hydrogen) atoms. The van der Waals surface area contributed by atoms with E-state index in [2.05, 4.69) is 15.2 Å². The Kier molecular flexibility index (Phi) is 6.80. The molecule has 1 amide bonds. The Morgan fingerprint density at radius 2 is 2.06 bits per heavy atom. The number of carbonyl (C=O) groups excluding carboxylic acids is 1. The molecule has 0 aliphatic carbocycles. The molecule has 0 radical (unpaired) electrons. The molecule has 10 heteroatoms. The molecule has 172 valence electrons. The Morgan fingerprint density at radius 3 is 2.75 bits per heavy atom. The van der Waals surface area contributed by atoms with Gasteiger partial charge in [-0.2, -0.15) is 13.2 Å². The second-order valence-corrected chi connectivity index (χ2v) is 7.89. The van der Waals surface area contributed by atoms with Crippen LogP contribution in [-0.2, 0) is 20.4 Å². The summed E-state index contributed by atoms with van der Waals surface area (Å²) in [6, 6.07) is 9.41. The van der Waals surface area contributed by atoms with Crippen molar-refractivity contribution in [3.63, 3.8) is 0 Å². The average Bonchev–Trinajstić information content (AvgIpc) is 3.18. The Morgan fingerprint density at radius 1 is 1.22 bits per heavy atom. The number of nitrogens with one attached hydrogen (secondary N) is 1. The molecular weight excluding hydrogens is 427 g/mol. The molecule has 1 aromatic heterocycles. The number of hydrogen-bond acceptors (Lipinski definition) is 6. The fourth-order valence-corrected chi connectivity index (χ4v) is 3.57. The van der Waals surface area contributed by atoms with Crippen molar-refractivity contribution < 1.29 is 32.2 Å². The zero-order valence-corrected chi connectivity index (χ0v) is 17.3. The fourth-order valence-electron chi connectivity index (χ4n) is 3.57. The number of aromatic nitrogens is 1. The first-order valence-electron chi connectivity index (χ1n) is 10.4. The van der Waals surface area contributed by atoms with Crippen LogP contribution in [0.2, 0.25) is 0 Å². The van der Waals surface area contributed by atoms with Gasteiger partial charge >= 0.3 is 6.18 Å². The highest BCUT2D eigenvalue weighted by Gasteiger charge is 2.32. The van der Waals surface area contributed by atoms with Gasteiger partial charge in [0, 0.05) is 36.8 Å². The second-order valence-electron chi connectivity index (χ2n) is 7.89. The Labute approximate surface area is 183 Å². The number of halogens is 3. The standard InChI is InChI=1S/C22H24F3N3O4/c23-22(24,25)20-5-4-19(9-26-20)32-18-3-1-2-17(8-18)28-7-6-16(10-28)27-21(29)14-31-13-15-11-30-12-15/h1-5,8-9,15-16H,6-7,10-14H2,(H,27,29)/t16-/m0/s1. The zero-order chi connectivity index (χ0) is 22.6. The number of carbonyl (C=O) groups is 1. The summed E-state index contributed by atoms with van der Waals surface area (Å²) in [7, 11) is 0. The molecule has 2 fully saturated rings. The molecule has 3 heterocycles. The lowest BCUT2D eigenvalue weighted by atomic mass is 10.1. The largest absolute Gasteiger partial charge is 0.456 e. The molecule has 1 atom stereocenters. The van der Waals surface area contributed by atoms with Crippen molar-refractivity contribution in [3.05, 3.63) is 48.3 Å². The minimum atomic E-state index is -4.49. The number of anilines is 1. The van der Waals surface area contributed by atoms with E-state index < -0.39 is 11.9 Å². The van der Waals surface area contributed by atoms with Gasteiger partial charge in [-0.1, -0.05) is 6.07 Å². The third-order valence-electron chi connectivity index (χ3n) is 5.29. The molecule has 4 rings (SSSR count). The lowest BCUT2D eigenvalue weighted by Gasteiger charge is -2.25. The Balaban J connectivity index is 1.27. The predicted octanol–water partition coefficient (Wildman–Crippen LogP) is 3.25. The van der Waals surface area contributed by atoms with Gasteiger partial charge in [0.1, 0.15) is 23.8 Å². The van der Waals surface area contributed by atoms with E-state index in [4.69, 9.17) is 14.2 Å². The predicted molar refractivity (Wildman–Crippen MR) is 110 cm³/mol. The van der Waals surface area contributed by atoms with E-state index in [0.29, 0.717) is 38.0 Å². The molecule has 0 saturated carbocycles. The van der Waals surface area contributed by atoms with Gasteiger partial charge in [0.15, 0.2) is 0 Å². The lowest BCUT2D eigenvalue weighted by Crippen LogP contribution is -2.40. The molecule has 0 spiro atoms. The summed E-state index contributed by atoms with van der Waals surface area (Å²) < 4.78 is 54.1. The highest BCUT2D eigenvalue weighted by atomic mass is 19.4. The summed E-state index contributed by atoms with van der Waals surface area (Å²) in [5.74, 6) is 0.960. The number of pyridine rings is 1. The van der Waals surface area contributed by atoms with Crippen molar-refractivity contribution in [1.82, 2.24) is 10.3 Å². The van der Waals surface area contributed by atoms with Crippen LogP contribution in [0.4, 0.5) is 18.9 Å². The molecule has 0 bridgehead atoms. The van der Waals surface area contributed by atoms with Gasteiger partial charge in [0.25, 0.3) is 0 Å². The first-order valence-corrected chi connectivity index (χ1v) is 10.4. The van der Waals surface area contributed by atoms with E-state index in [1.54, 1.807) is 6.07 Å². The number of benzene rings is 1. The van der Waals surface area contributed by atoms with Gasteiger partial charge in [-0.05, 0) is 30.7 Å². The van der Waals surface area contributed by atoms with E-state index >= 15 is 0 Å². The summed E-state index contributed by atoms with van der Waals surface area (Å²) in [6.07, 6.45) is -2.63. The third kappa shape index (κ3) is 5.89. The fraction of sp³-hybridized carbons (Fsp3) is 0.455. The van der Waals surface area contributed by atoms with Gasteiger partial charge in [0.2, 0.25) is 5.91 Å². The van der Waals surface area contributed by atoms with Crippen LogP contribution in [0.3, 0.4) is 0 Å². The smallest absolute Gasteiger partial charge is 0.433 e. The highest BCUT2D eigenvalue weighted by Crippen LogP contribution is 2.31. The summed E-state index contributed by atoms with van der Waals surface area (Å²) in [4.78, 5) is 17.6. The topological polar surface area (TPSA) is 72.9 Å². The number of ether oxygens (including phenoxy) is 3. The minimum Gasteiger partial charge on any atom is -0.456 e. The maximum atomic E-state index is 12.6. The van der Waals surface area contributed by atoms with Crippen molar-refractivity contribution >= 4 is 11.6 Å². The maximum absolute atomic E-state index is 12.6. The van der Waals surface area contributed by atoms with Crippen LogP contribution in [0.25, 0.3) is 0 Å². The first kappa shape index (κ1) is 22.3. The maximum Gasteiger partial charge on any atom is 0.433 e. The molecule has 2 aliphatic heterocycles. The number of rotatable bonds is 8. The van der Waals surface area contributed by atoms with Gasteiger partial charge in [-0.3, -0.25) is 4.79 Å². The SMILES string of the molecule is O=C(COCC1COC1)N[C@H]1CCN(c2cccc(Oc3ccc(C(F)(F)F)nc3)c2)C1. The molecule has 0 unspecified atom stereocenters. The monoisotopic (exact) mass is 451 g/mol. The van der Waals surface area contributed by atoms with Gasteiger partial charge in [-0.25, -0.2) is 4.98 Å². The molecular formula is C22H24F3N3O4. The number of nitrogens with zero attached hydrogens (tertiary/aromatic N) is 2. The number of amides is 1. The van der Waals surface area contributed by atoms with Crippen LogP contribution in [0.1, 0.15) is 12.1 Å². The molecule has 1 N–H and O–H groups in total. The molecule has 2 aromatic rings. The van der Waals surface area contributed by atoms with Crippen molar-refractivity contribution in [2.75, 3.05) is 44.4 Å². The summed E-state index contributed by atoms with van der Waals surface area (Å²) in [5.41, 5.74) is -0.0634. The summed E-state index contributed by atoms with van der Waals surface area (Å²) in [6.45, 7) is 3.36. The quantitative estimate of drug-likeness (QED) is 0.665. The average molecular weight is 451 g/mol. The number of hydrogen-bond donors (Lipinski definition) is 1. The van der Waals surface area contributed by atoms with Crippen molar-refractivity contribution in [2.24, 2.45) is 5.92 Å². The van der Waals surface area contributed by atoms with Crippen LogP contribution in [-0.4, -0.2) is 56.5 Å².